The van der Waals surface area contributed by atoms with Gasteiger partial charge in [0.1, 0.15) is 5.76 Å². The second kappa shape index (κ2) is 4.35. The van der Waals surface area contributed by atoms with Crippen LogP contribution in [0.1, 0.15) is 41.5 Å². The number of rotatable bonds is 4. The highest BCUT2D eigenvalue weighted by Crippen LogP contribution is 2.38. The summed E-state index contributed by atoms with van der Waals surface area (Å²) < 4.78 is 5.58. The highest BCUT2D eigenvalue weighted by molar-refractivity contribution is 4.93. The zero-order valence-corrected chi connectivity index (χ0v) is 10.5. The predicted octanol–water partition coefficient (Wildman–Crippen LogP) is 2.94. The van der Waals surface area contributed by atoms with E-state index in [1.54, 1.807) is 0 Å². The van der Waals surface area contributed by atoms with E-state index in [-0.39, 0.29) is 16.9 Å². The van der Waals surface area contributed by atoms with Crippen LogP contribution in [0.5, 0.6) is 0 Å². The Morgan fingerprint density at radius 1 is 1.29 bits per heavy atom. The van der Waals surface area contributed by atoms with Crippen LogP contribution in [-0.2, 0) is 4.74 Å². The minimum absolute atomic E-state index is 0.0919. The first-order valence-electron chi connectivity index (χ1n) is 5.15. The molecule has 14 heavy (non-hydrogen) atoms. The summed E-state index contributed by atoms with van der Waals surface area (Å²) in [7, 11) is 0. The van der Waals surface area contributed by atoms with Crippen molar-refractivity contribution >= 4 is 0 Å². The van der Waals surface area contributed by atoms with Crippen molar-refractivity contribution in [1.82, 2.24) is 0 Å². The molecule has 0 heterocycles. The van der Waals surface area contributed by atoms with Crippen molar-refractivity contribution in [3.05, 3.63) is 12.3 Å². The fraction of sp³-hybridized carbons (Fsp3) is 0.833. The van der Waals surface area contributed by atoms with Crippen LogP contribution in [0.15, 0.2) is 12.3 Å². The monoisotopic (exact) mass is 199 g/mol. The van der Waals surface area contributed by atoms with Gasteiger partial charge in [0.15, 0.2) is 0 Å². The van der Waals surface area contributed by atoms with Crippen LogP contribution >= 0.6 is 0 Å². The molecule has 2 nitrogen and oxygen atoms in total. The van der Waals surface area contributed by atoms with Gasteiger partial charge >= 0.3 is 0 Å². The molecule has 0 rings (SSSR count). The lowest BCUT2D eigenvalue weighted by Crippen LogP contribution is -2.35. The summed E-state index contributed by atoms with van der Waals surface area (Å²) in [4.78, 5) is 0. The maximum Gasteiger partial charge on any atom is 0.105 e. The molecule has 0 radical (unpaired) electrons. The molecule has 0 aliphatic heterocycles. The third-order valence-electron chi connectivity index (χ3n) is 3.16. The molecule has 84 valence electrons. The van der Waals surface area contributed by atoms with Crippen LogP contribution in [0.2, 0.25) is 0 Å². The normalized spacial score (nSPS) is 15.1. The summed E-state index contributed by atoms with van der Waals surface area (Å²) >= 11 is 0. The summed E-state index contributed by atoms with van der Waals surface area (Å²) in [5.41, 5.74) is 5.98. The Hall–Kier alpha value is -0.500. The maximum atomic E-state index is 5.65. The van der Waals surface area contributed by atoms with E-state index in [0.717, 1.165) is 0 Å². The summed E-state index contributed by atoms with van der Waals surface area (Å²) in [5, 5.41) is 0. The zero-order chi connectivity index (χ0) is 11.6. The molecule has 2 N–H and O–H groups in total. The number of hydrogen-bond donors (Lipinski definition) is 1. The minimum Gasteiger partial charge on any atom is -0.496 e. The van der Waals surface area contributed by atoms with Crippen molar-refractivity contribution in [3.63, 3.8) is 0 Å². The molecule has 0 aromatic carbocycles. The van der Waals surface area contributed by atoms with Gasteiger partial charge < -0.3 is 10.5 Å². The summed E-state index contributed by atoms with van der Waals surface area (Å²) in [6.45, 7) is 17.4. The molecule has 0 spiro atoms. The number of nitrogens with two attached hydrogens (primary N) is 1. The molecule has 0 aromatic heterocycles. The Labute approximate surface area is 88.5 Å². The Morgan fingerprint density at radius 2 is 1.71 bits per heavy atom. The van der Waals surface area contributed by atoms with Gasteiger partial charge in [0.2, 0.25) is 0 Å². The topological polar surface area (TPSA) is 35.2 Å². The van der Waals surface area contributed by atoms with Crippen molar-refractivity contribution in [2.75, 3.05) is 6.61 Å². The largest absolute Gasteiger partial charge is 0.496 e. The van der Waals surface area contributed by atoms with Crippen LogP contribution < -0.4 is 5.73 Å². The van der Waals surface area contributed by atoms with Crippen LogP contribution in [0.3, 0.4) is 0 Å². The van der Waals surface area contributed by atoms with E-state index in [1.165, 1.54) is 0 Å². The van der Waals surface area contributed by atoms with Crippen LogP contribution in [-0.4, -0.2) is 12.6 Å². The maximum absolute atomic E-state index is 5.65. The lowest BCUT2D eigenvalue weighted by molar-refractivity contribution is 0.0263. The third-order valence-corrected chi connectivity index (χ3v) is 3.16. The van der Waals surface area contributed by atoms with E-state index in [4.69, 9.17) is 10.5 Å². The van der Waals surface area contributed by atoms with Crippen molar-refractivity contribution in [2.24, 2.45) is 16.6 Å². The van der Waals surface area contributed by atoms with Gasteiger partial charge in [-0.3, -0.25) is 0 Å². The van der Waals surface area contributed by atoms with Gasteiger partial charge in [0.25, 0.3) is 0 Å². The van der Waals surface area contributed by atoms with Gasteiger partial charge in [-0.1, -0.05) is 41.2 Å². The average molecular weight is 199 g/mol. The molecule has 0 saturated heterocycles. The van der Waals surface area contributed by atoms with Gasteiger partial charge in [0.05, 0.1) is 12.6 Å². The van der Waals surface area contributed by atoms with Crippen molar-refractivity contribution in [1.29, 1.82) is 0 Å². The Kier molecular flexibility index (Phi) is 4.19. The molecule has 0 aliphatic carbocycles. The molecule has 0 bridgehead atoms. The Morgan fingerprint density at radius 3 is 2.00 bits per heavy atom. The number of ether oxygens (including phenoxy) is 1. The first-order valence-corrected chi connectivity index (χ1v) is 5.15. The molecule has 0 amide bonds. The quantitative estimate of drug-likeness (QED) is 0.706. The van der Waals surface area contributed by atoms with Gasteiger partial charge in [-0.25, -0.2) is 0 Å². The van der Waals surface area contributed by atoms with Crippen LogP contribution in [0, 0.1) is 10.8 Å². The summed E-state index contributed by atoms with van der Waals surface area (Å²) in [6, 6.07) is -0.0919. The average Bonchev–Trinajstić information content (AvgIpc) is 1.97. The zero-order valence-electron chi connectivity index (χ0n) is 10.5. The summed E-state index contributed by atoms with van der Waals surface area (Å²) in [6.07, 6.45) is 0. The molecule has 0 aromatic rings. The van der Waals surface area contributed by atoms with Gasteiger partial charge in [-0.05, 0) is 12.3 Å². The lowest BCUT2D eigenvalue weighted by Gasteiger charge is -2.38. The van der Waals surface area contributed by atoms with E-state index in [9.17, 15) is 0 Å². The Bertz CT molecular complexity index is 199. The third kappa shape index (κ3) is 3.70. The van der Waals surface area contributed by atoms with Crippen molar-refractivity contribution in [2.45, 2.75) is 47.6 Å². The molecule has 2 heteroatoms. The highest BCUT2D eigenvalue weighted by atomic mass is 16.5. The second-order valence-electron chi connectivity index (χ2n) is 5.68. The van der Waals surface area contributed by atoms with Crippen LogP contribution in [0.25, 0.3) is 0 Å². The van der Waals surface area contributed by atoms with E-state index in [0.29, 0.717) is 12.4 Å². The molecule has 0 fully saturated rings. The van der Waals surface area contributed by atoms with Gasteiger partial charge in [-0.2, -0.15) is 0 Å². The molecule has 0 saturated carbocycles. The smallest absolute Gasteiger partial charge is 0.105 e. The fourth-order valence-electron chi connectivity index (χ4n) is 0.621. The van der Waals surface area contributed by atoms with Gasteiger partial charge in [0, 0.05) is 5.41 Å². The molecular formula is C12H25NO. The first kappa shape index (κ1) is 13.5. The summed E-state index contributed by atoms with van der Waals surface area (Å²) in [5.74, 6) is 0.669. The minimum atomic E-state index is -0.0919. The molecule has 1 atom stereocenters. The Balaban J connectivity index is 4.20. The highest BCUT2D eigenvalue weighted by Gasteiger charge is 2.33. The fourth-order valence-corrected chi connectivity index (χ4v) is 0.621. The standard InChI is InChI=1S/C12H25NO/c1-9(13)10(2)14-8-12(6,7)11(3,4)5/h9H,2,8,13H2,1,3-7H3/t9-/m0/s1. The predicted molar refractivity (Wildman–Crippen MR) is 62.0 cm³/mol. The molecular weight excluding hydrogens is 174 g/mol. The van der Waals surface area contributed by atoms with E-state index < -0.39 is 0 Å². The number of hydrogen-bond acceptors (Lipinski definition) is 2. The van der Waals surface area contributed by atoms with Crippen LogP contribution in [0.4, 0.5) is 0 Å². The SMILES string of the molecule is C=C(OCC(C)(C)C(C)(C)C)[C@H](C)N. The van der Waals surface area contributed by atoms with Crippen molar-refractivity contribution in [3.8, 4) is 0 Å². The van der Waals surface area contributed by atoms with E-state index >= 15 is 0 Å². The van der Waals surface area contributed by atoms with Gasteiger partial charge in [-0.15, -0.1) is 0 Å². The first-order chi connectivity index (χ1) is 6.08. The lowest BCUT2D eigenvalue weighted by atomic mass is 9.70. The van der Waals surface area contributed by atoms with E-state index in [2.05, 4.69) is 41.2 Å². The molecule has 0 aliphatic rings. The molecule has 0 unspecified atom stereocenters. The van der Waals surface area contributed by atoms with E-state index in [1.807, 2.05) is 6.92 Å². The second-order valence-corrected chi connectivity index (χ2v) is 5.68. The van der Waals surface area contributed by atoms with Crippen molar-refractivity contribution < 1.29 is 4.74 Å².